The van der Waals surface area contributed by atoms with Crippen molar-refractivity contribution in [2.75, 3.05) is 12.0 Å². The normalized spacial score (nSPS) is 15.7. The zero-order chi connectivity index (χ0) is 24.3. The van der Waals surface area contributed by atoms with Crippen LogP contribution in [0, 0.1) is 0 Å². The predicted octanol–water partition coefficient (Wildman–Crippen LogP) is 3.05. The second-order valence-electron chi connectivity index (χ2n) is 8.00. The summed E-state index contributed by atoms with van der Waals surface area (Å²) in [7, 11) is 1.16. The van der Waals surface area contributed by atoms with Crippen molar-refractivity contribution in [1.82, 2.24) is 5.32 Å². The fraction of sp³-hybridized carbons (Fsp3) is 0.429. The zero-order valence-electron chi connectivity index (χ0n) is 17.9. The maximum absolute atomic E-state index is 12.8. The average molecular weight is 456 g/mol. The average Bonchev–Trinajstić information content (AvgIpc) is 2.65. The SMILES string of the molecule is COC(=O)[C@H](Cc1ccc(N2C(=O)C=C(C(F)(F)F)CC2=O)cc1)NC(=O)OC(C)(C)C. The van der Waals surface area contributed by atoms with Gasteiger partial charge in [-0.15, -0.1) is 0 Å². The van der Waals surface area contributed by atoms with Crippen LogP contribution in [0.3, 0.4) is 0 Å². The molecule has 2 rings (SSSR count). The van der Waals surface area contributed by atoms with Gasteiger partial charge in [-0.3, -0.25) is 9.59 Å². The number of nitrogens with one attached hydrogen (secondary N) is 1. The highest BCUT2D eigenvalue weighted by Crippen LogP contribution is 2.32. The summed E-state index contributed by atoms with van der Waals surface area (Å²) < 4.78 is 48.2. The summed E-state index contributed by atoms with van der Waals surface area (Å²) in [6, 6.07) is 4.60. The molecule has 3 amide bonds. The van der Waals surface area contributed by atoms with E-state index in [1.165, 1.54) is 24.3 Å². The summed E-state index contributed by atoms with van der Waals surface area (Å²) in [5.41, 5.74) is -1.37. The number of amides is 3. The Balaban J connectivity index is 2.16. The first-order valence-electron chi connectivity index (χ1n) is 9.52. The summed E-state index contributed by atoms with van der Waals surface area (Å²) in [5.74, 6) is -2.82. The van der Waals surface area contributed by atoms with E-state index in [1.807, 2.05) is 0 Å². The Kier molecular flexibility index (Phi) is 7.32. The van der Waals surface area contributed by atoms with Crippen molar-refractivity contribution in [1.29, 1.82) is 0 Å². The van der Waals surface area contributed by atoms with E-state index in [2.05, 4.69) is 5.32 Å². The van der Waals surface area contributed by atoms with E-state index in [0.29, 0.717) is 16.5 Å². The molecule has 0 aliphatic carbocycles. The van der Waals surface area contributed by atoms with Crippen LogP contribution in [0.4, 0.5) is 23.7 Å². The molecule has 8 nitrogen and oxygen atoms in total. The molecule has 1 atom stereocenters. The van der Waals surface area contributed by atoms with Crippen molar-refractivity contribution >= 4 is 29.6 Å². The third-order valence-electron chi connectivity index (χ3n) is 4.28. The Labute approximate surface area is 182 Å². The third-order valence-corrected chi connectivity index (χ3v) is 4.28. The summed E-state index contributed by atoms with van der Waals surface area (Å²) >= 11 is 0. The molecule has 1 aliphatic heterocycles. The zero-order valence-corrected chi connectivity index (χ0v) is 17.9. The highest BCUT2D eigenvalue weighted by Gasteiger charge is 2.40. The van der Waals surface area contributed by atoms with Crippen LogP contribution in [0.1, 0.15) is 32.8 Å². The molecule has 0 spiro atoms. The number of esters is 1. The molecule has 11 heteroatoms. The highest BCUT2D eigenvalue weighted by molar-refractivity contribution is 6.21. The molecule has 1 aromatic rings. The molecule has 1 N–H and O–H groups in total. The van der Waals surface area contributed by atoms with E-state index in [9.17, 15) is 32.3 Å². The number of nitrogens with zero attached hydrogens (tertiary/aromatic N) is 1. The maximum Gasteiger partial charge on any atom is 0.413 e. The van der Waals surface area contributed by atoms with Gasteiger partial charge in [0.15, 0.2) is 0 Å². The lowest BCUT2D eigenvalue weighted by Gasteiger charge is -2.26. The maximum atomic E-state index is 12.8. The third kappa shape index (κ3) is 6.56. The van der Waals surface area contributed by atoms with E-state index >= 15 is 0 Å². The molecule has 0 fully saturated rings. The molecule has 0 bridgehead atoms. The summed E-state index contributed by atoms with van der Waals surface area (Å²) in [6.45, 7) is 4.98. The number of methoxy groups -OCH3 is 1. The van der Waals surface area contributed by atoms with Crippen LogP contribution in [0.5, 0.6) is 0 Å². The first kappa shape index (κ1) is 24.9. The smallest absolute Gasteiger partial charge is 0.413 e. The summed E-state index contributed by atoms with van der Waals surface area (Å²) in [4.78, 5) is 48.9. The van der Waals surface area contributed by atoms with E-state index < -0.39 is 53.7 Å². The van der Waals surface area contributed by atoms with Gasteiger partial charge >= 0.3 is 18.2 Å². The minimum absolute atomic E-state index is 0.00616. The lowest BCUT2D eigenvalue weighted by atomic mass is 10.0. The van der Waals surface area contributed by atoms with Crippen molar-refractivity contribution in [3.05, 3.63) is 41.5 Å². The molecule has 1 aromatic carbocycles. The van der Waals surface area contributed by atoms with Gasteiger partial charge in [0, 0.05) is 18.1 Å². The van der Waals surface area contributed by atoms with Crippen molar-refractivity contribution in [2.45, 2.75) is 51.4 Å². The molecule has 0 unspecified atom stereocenters. The molecule has 32 heavy (non-hydrogen) atoms. The highest BCUT2D eigenvalue weighted by atomic mass is 19.4. The van der Waals surface area contributed by atoms with E-state index in [1.54, 1.807) is 20.8 Å². The van der Waals surface area contributed by atoms with Crippen LogP contribution in [0.15, 0.2) is 35.9 Å². The standard InChI is InChI=1S/C21H23F3N2O6/c1-20(2,3)32-19(30)25-15(18(29)31-4)9-12-5-7-14(8-6-12)26-16(27)10-13(11-17(26)28)21(22,23)24/h5-8,10,15H,9,11H2,1-4H3,(H,25,30)/t15-/m0/s1. The predicted molar refractivity (Wildman–Crippen MR) is 107 cm³/mol. The number of carbonyl (C=O) groups is 4. The first-order chi connectivity index (χ1) is 14.7. The lowest BCUT2D eigenvalue weighted by molar-refractivity contribution is -0.143. The Bertz CT molecular complexity index is 932. The number of hydrogen-bond donors (Lipinski definition) is 1. The number of carbonyl (C=O) groups excluding carboxylic acids is 4. The molecule has 0 aromatic heterocycles. The lowest BCUT2D eigenvalue weighted by Crippen LogP contribution is -2.45. The Morgan fingerprint density at radius 1 is 1.12 bits per heavy atom. The number of benzene rings is 1. The quantitative estimate of drug-likeness (QED) is 0.540. The summed E-state index contributed by atoms with van der Waals surface area (Å²) in [5, 5.41) is 2.42. The number of hydrogen-bond acceptors (Lipinski definition) is 6. The minimum atomic E-state index is -4.76. The van der Waals surface area contributed by atoms with E-state index in [-0.39, 0.29) is 12.1 Å². The van der Waals surface area contributed by atoms with E-state index in [4.69, 9.17) is 9.47 Å². The van der Waals surface area contributed by atoms with Gasteiger partial charge < -0.3 is 14.8 Å². The van der Waals surface area contributed by atoms with Gasteiger partial charge in [-0.05, 0) is 38.5 Å². The Hall–Kier alpha value is -3.37. The minimum Gasteiger partial charge on any atom is -0.467 e. The molecular weight excluding hydrogens is 433 g/mol. The van der Waals surface area contributed by atoms with Gasteiger partial charge in [-0.1, -0.05) is 12.1 Å². The Morgan fingerprint density at radius 2 is 1.72 bits per heavy atom. The van der Waals surface area contributed by atoms with Crippen molar-refractivity contribution < 1.29 is 41.8 Å². The number of halogens is 3. The van der Waals surface area contributed by atoms with Crippen LogP contribution in [-0.2, 0) is 30.3 Å². The van der Waals surface area contributed by atoms with Crippen LogP contribution in [0.2, 0.25) is 0 Å². The van der Waals surface area contributed by atoms with Gasteiger partial charge in [0.2, 0.25) is 5.91 Å². The number of rotatable bonds is 5. The fourth-order valence-corrected chi connectivity index (χ4v) is 2.88. The Morgan fingerprint density at radius 3 is 2.19 bits per heavy atom. The van der Waals surface area contributed by atoms with Crippen molar-refractivity contribution in [3.63, 3.8) is 0 Å². The van der Waals surface area contributed by atoms with Crippen LogP contribution in [-0.4, -0.2) is 48.8 Å². The molecule has 174 valence electrons. The topological polar surface area (TPSA) is 102 Å². The molecule has 0 radical (unpaired) electrons. The summed E-state index contributed by atoms with van der Waals surface area (Å²) in [6.07, 6.45) is -6.12. The molecular formula is C21H23F3N2O6. The number of anilines is 1. The second kappa shape index (κ2) is 9.41. The molecule has 0 saturated carbocycles. The van der Waals surface area contributed by atoms with Gasteiger partial charge in [0.1, 0.15) is 11.6 Å². The van der Waals surface area contributed by atoms with Gasteiger partial charge in [-0.25, -0.2) is 14.5 Å². The first-order valence-corrected chi connectivity index (χ1v) is 9.52. The van der Waals surface area contributed by atoms with Crippen molar-refractivity contribution in [3.8, 4) is 0 Å². The molecule has 0 saturated heterocycles. The number of imide groups is 1. The van der Waals surface area contributed by atoms with Gasteiger partial charge in [0.25, 0.3) is 5.91 Å². The van der Waals surface area contributed by atoms with Crippen molar-refractivity contribution in [2.24, 2.45) is 0 Å². The van der Waals surface area contributed by atoms with Crippen LogP contribution >= 0.6 is 0 Å². The van der Waals surface area contributed by atoms with Crippen LogP contribution < -0.4 is 10.2 Å². The molecule has 1 heterocycles. The second-order valence-corrected chi connectivity index (χ2v) is 8.00. The fourth-order valence-electron chi connectivity index (χ4n) is 2.88. The van der Waals surface area contributed by atoms with Gasteiger partial charge in [-0.2, -0.15) is 13.2 Å². The largest absolute Gasteiger partial charge is 0.467 e. The monoisotopic (exact) mass is 456 g/mol. The number of ether oxygens (including phenoxy) is 2. The number of alkyl halides is 3. The van der Waals surface area contributed by atoms with E-state index in [0.717, 1.165) is 7.11 Å². The number of alkyl carbamates (subject to hydrolysis) is 1. The van der Waals surface area contributed by atoms with Crippen LogP contribution in [0.25, 0.3) is 0 Å². The molecule has 1 aliphatic rings. The van der Waals surface area contributed by atoms with Gasteiger partial charge in [0.05, 0.1) is 19.2 Å².